The summed E-state index contributed by atoms with van der Waals surface area (Å²) in [5.74, 6) is -0.0702. The van der Waals surface area contributed by atoms with Gasteiger partial charge >= 0.3 is 6.09 Å². The number of carbonyl (C=O) groups is 3. The van der Waals surface area contributed by atoms with Gasteiger partial charge in [0.05, 0.1) is 12.2 Å². The normalized spacial score (nSPS) is 27.5. The maximum atomic E-state index is 13.3. The first-order valence-electron chi connectivity index (χ1n) is 17.0. The average molecular weight is 611 g/mol. The third-order valence-corrected chi connectivity index (χ3v) is 12.1. The molecule has 0 radical (unpaired) electrons. The Morgan fingerprint density at radius 2 is 1.66 bits per heavy atom. The van der Waals surface area contributed by atoms with E-state index in [1.807, 2.05) is 32.9 Å². The average Bonchev–Trinajstić information content (AvgIpc) is 2.93. The van der Waals surface area contributed by atoms with E-state index in [9.17, 15) is 19.6 Å². The molecule has 0 unspecified atom stereocenters. The Hall–Kier alpha value is -2.42. The van der Waals surface area contributed by atoms with Crippen LogP contribution in [0.5, 0.6) is 0 Å². The lowest BCUT2D eigenvalue weighted by atomic mass is 9.42. The summed E-state index contributed by atoms with van der Waals surface area (Å²) >= 11 is 0. The molecule has 1 fully saturated rings. The van der Waals surface area contributed by atoms with Gasteiger partial charge in [-0.2, -0.15) is 5.26 Å². The van der Waals surface area contributed by atoms with E-state index in [0.717, 1.165) is 63.4 Å². The van der Waals surface area contributed by atoms with E-state index in [1.54, 1.807) is 6.92 Å². The van der Waals surface area contributed by atoms with E-state index in [2.05, 4.69) is 66.8 Å². The molecule has 1 saturated carbocycles. The molecule has 248 valence electrons. The van der Waals surface area contributed by atoms with Crippen LogP contribution in [0.3, 0.4) is 0 Å². The number of carbonyl (C=O) groups excluding carboxylic acids is 3. The van der Waals surface area contributed by atoms with E-state index < -0.39 is 10.8 Å². The third kappa shape index (κ3) is 8.04. The van der Waals surface area contributed by atoms with Gasteiger partial charge in [0.25, 0.3) is 0 Å². The Bertz CT molecular complexity index is 1190. The SMILES string of the molecule is CCNC(=O)OCCC[C@@](C)(CCC(C)(C)CC)CCC(C)(C)[C@]1(C)CC[C@H]2C(C)(C)C(=O)C(C#N)=C[C@]2(C)/C1=C/C(C)=O. The number of alkyl carbamates (subject to hydrolysis) is 1. The van der Waals surface area contributed by atoms with Gasteiger partial charge in [0.1, 0.15) is 6.07 Å². The number of ketones is 2. The fourth-order valence-electron chi connectivity index (χ4n) is 8.05. The second-order valence-corrected chi connectivity index (χ2v) is 16.6. The van der Waals surface area contributed by atoms with Crippen molar-refractivity contribution in [2.24, 2.45) is 38.4 Å². The molecule has 0 spiro atoms. The van der Waals surface area contributed by atoms with Gasteiger partial charge in [-0.25, -0.2) is 4.79 Å². The van der Waals surface area contributed by atoms with Crippen LogP contribution in [0.4, 0.5) is 4.79 Å². The number of fused-ring (bicyclic) bond motifs is 1. The number of hydrogen-bond donors (Lipinski definition) is 1. The van der Waals surface area contributed by atoms with Crippen LogP contribution in [-0.2, 0) is 14.3 Å². The quantitative estimate of drug-likeness (QED) is 0.156. The van der Waals surface area contributed by atoms with Gasteiger partial charge in [-0.1, -0.05) is 87.3 Å². The zero-order valence-corrected chi connectivity index (χ0v) is 30.1. The summed E-state index contributed by atoms with van der Waals surface area (Å²) < 4.78 is 5.41. The standard InChI is InChI=1S/C38H62N2O4/c1-13-33(4,5)19-21-36(10,17-15-23-44-32(43)40-14-2)22-20-34(6,7)38(12)18-16-29-35(8,9)31(42)28(26-39)25-37(29,11)30(38)24-27(3)41/h24-25,29H,13-23H2,1-12H3,(H,40,43)/b30-24-/t29-,36-,37-,38+/m0/s1. The van der Waals surface area contributed by atoms with Crippen LogP contribution in [0, 0.1) is 49.7 Å². The first kappa shape index (κ1) is 37.8. The minimum Gasteiger partial charge on any atom is -0.450 e. The number of ether oxygens (including phenoxy) is 1. The Labute approximate surface area is 268 Å². The highest BCUT2D eigenvalue weighted by Gasteiger charge is 2.61. The molecule has 6 heteroatoms. The number of nitrogens with one attached hydrogen (secondary N) is 1. The van der Waals surface area contributed by atoms with E-state index in [1.165, 1.54) is 0 Å². The van der Waals surface area contributed by atoms with Crippen LogP contribution in [0.2, 0.25) is 0 Å². The molecule has 44 heavy (non-hydrogen) atoms. The van der Waals surface area contributed by atoms with Gasteiger partial charge < -0.3 is 10.1 Å². The number of nitrogens with zero attached hydrogens (tertiary/aromatic N) is 1. The summed E-state index contributed by atoms with van der Waals surface area (Å²) in [6.45, 7) is 26.9. The zero-order chi connectivity index (χ0) is 33.8. The third-order valence-electron chi connectivity index (χ3n) is 12.1. The van der Waals surface area contributed by atoms with E-state index >= 15 is 0 Å². The van der Waals surface area contributed by atoms with Crippen molar-refractivity contribution < 1.29 is 19.1 Å². The number of hydrogen-bond acceptors (Lipinski definition) is 5. The van der Waals surface area contributed by atoms with Crippen molar-refractivity contribution in [2.75, 3.05) is 13.2 Å². The second kappa shape index (κ2) is 13.9. The predicted octanol–water partition coefficient (Wildman–Crippen LogP) is 9.54. The second-order valence-electron chi connectivity index (χ2n) is 16.6. The molecular weight excluding hydrogens is 548 g/mol. The molecule has 0 saturated heterocycles. The highest BCUT2D eigenvalue weighted by molar-refractivity contribution is 6.04. The summed E-state index contributed by atoms with van der Waals surface area (Å²) in [6.07, 6.45) is 12.2. The van der Waals surface area contributed by atoms with Crippen molar-refractivity contribution in [3.05, 3.63) is 23.3 Å². The fourth-order valence-corrected chi connectivity index (χ4v) is 8.05. The summed E-state index contributed by atoms with van der Waals surface area (Å²) in [6, 6.07) is 2.19. The molecule has 0 aliphatic heterocycles. The Morgan fingerprint density at radius 1 is 1.05 bits per heavy atom. The van der Waals surface area contributed by atoms with Crippen molar-refractivity contribution in [3.8, 4) is 6.07 Å². The van der Waals surface area contributed by atoms with Crippen LogP contribution in [0.1, 0.15) is 141 Å². The van der Waals surface area contributed by atoms with Gasteiger partial charge in [0.2, 0.25) is 0 Å². The largest absolute Gasteiger partial charge is 0.450 e. The maximum absolute atomic E-state index is 13.3. The van der Waals surface area contributed by atoms with E-state index in [-0.39, 0.29) is 50.8 Å². The topological polar surface area (TPSA) is 96.3 Å². The lowest BCUT2D eigenvalue weighted by Crippen LogP contribution is -2.55. The van der Waals surface area contributed by atoms with Gasteiger partial charge in [-0.05, 0) is 98.9 Å². The van der Waals surface area contributed by atoms with Crippen molar-refractivity contribution in [2.45, 2.75) is 141 Å². The van der Waals surface area contributed by atoms with Crippen molar-refractivity contribution in [3.63, 3.8) is 0 Å². The molecule has 0 heterocycles. The Morgan fingerprint density at radius 3 is 2.20 bits per heavy atom. The van der Waals surface area contributed by atoms with Crippen molar-refractivity contribution in [1.29, 1.82) is 5.26 Å². The van der Waals surface area contributed by atoms with Crippen molar-refractivity contribution >= 4 is 17.7 Å². The molecule has 2 aliphatic rings. The number of amides is 1. The molecule has 0 bridgehead atoms. The predicted molar refractivity (Wildman–Crippen MR) is 179 cm³/mol. The van der Waals surface area contributed by atoms with Crippen LogP contribution in [0.25, 0.3) is 0 Å². The Kier molecular flexibility index (Phi) is 11.9. The lowest BCUT2D eigenvalue weighted by molar-refractivity contribution is -0.131. The zero-order valence-electron chi connectivity index (χ0n) is 30.1. The van der Waals surface area contributed by atoms with E-state index in [0.29, 0.717) is 13.2 Å². The van der Waals surface area contributed by atoms with Gasteiger partial charge in [-0.15, -0.1) is 0 Å². The first-order valence-corrected chi connectivity index (χ1v) is 17.0. The summed E-state index contributed by atoms with van der Waals surface area (Å²) in [4.78, 5) is 38.0. The fraction of sp³-hybridized carbons (Fsp3) is 0.789. The smallest absolute Gasteiger partial charge is 0.407 e. The van der Waals surface area contributed by atoms with Gasteiger partial charge in [0.15, 0.2) is 11.6 Å². The molecule has 4 atom stereocenters. The first-order chi connectivity index (χ1) is 20.1. The lowest BCUT2D eigenvalue weighted by Gasteiger charge is -2.61. The molecule has 0 aromatic heterocycles. The number of rotatable bonds is 14. The minimum atomic E-state index is -0.684. The van der Waals surface area contributed by atoms with Crippen LogP contribution < -0.4 is 5.32 Å². The van der Waals surface area contributed by atoms with Crippen LogP contribution in [-0.4, -0.2) is 30.8 Å². The van der Waals surface area contributed by atoms with Gasteiger partial charge in [0, 0.05) is 17.4 Å². The number of allylic oxidation sites excluding steroid dienone is 4. The highest BCUT2D eigenvalue weighted by Crippen LogP contribution is 2.67. The molecule has 2 aliphatic carbocycles. The molecule has 0 aromatic rings. The van der Waals surface area contributed by atoms with Crippen LogP contribution >= 0.6 is 0 Å². The molecule has 2 rings (SSSR count). The van der Waals surface area contributed by atoms with Gasteiger partial charge in [-0.3, -0.25) is 9.59 Å². The molecule has 1 N–H and O–H groups in total. The molecule has 6 nitrogen and oxygen atoms in total. The van der Waals surface area contributed by atoms with Crippen LogP contribution in [0.15, 0.2) is 23.3 Å². The van der Waals surface area contributed by atoms with E-state index in [4.69, 9.17) is 4.74 Å². The number of Topliss-reactive ketones (excluding diaryl/α,β-unsaturated/α-hetero) is 1. The molecule has 1 amide bonds. The summed E-state index contributed by atoms with van der Waals surface area (Å²) in [5, 5.41) is 12.6. The molecular formula is C38H62N2O4. The maximum Gasteiger partial charge on any atom is 0.407 e. The minimum absolute atomic E-state index is 0.00394. The Balaban J connectivity index is 2.44. The molecule has 0 aromatic carbocycles. The summed E-state index contributed by atoms with van der Waals surface area (Å²) in [5.41, 5.74) is -0.0951. The van der Waals surface area contributed by atoms with Crippen molar-refractivity contribution in [1.82, 2.24) is 5.32 Å². The summed E-state index contributed by atoms with van der Waals surface area (Å²) in [7, 11) is 0. The highest BCUT2D eigenvalue weighted by atomic mass is 16.5. The number of nitriles is 1. The monoisotopic (exact) mass is 610 g/mol.